The summed E-state index contributed by atoms with van der Waals surface area (Å²) in [7, 11) is 0. The van der Waals surface area contributed by atoms with Crippen molar-refractivity contribution in [2.24, 2.45) is 5.92 Å². The topological polar surface area (TPSA) is 84.9 Å². The van der Waals surface area contributed by atoms with E-state index in [0.29, 0.717) is 0 Å². The van der Waals surface area contributed by atoms with Crippen molar-refractivity contribution in [1.29, 1.82) is 10.5 Å². The highest BCUT2D eigenvalue weighted by Crippen LogP contribution is 2.42. The third kappa shape index (κ3) is 3.49. The van der Waals surface area contributed by atoms with Gasteiger partial charge < -0.3 is 5.11 Å². The van der Waals surface area contributed by atoms with E-state index in [0.717, 1.165) is 6.07 Å². The maximum Gasteiger partial charge on any atom is 0.418 e. The molecule has 0 fully saturated rings. The second kappa shape index (κ2) is 5.85. The molecule has 1 aromatic heterocycles. The summed E-state index contributed by atoms with van der Waals surface area (Å²) in [4.78, 5) is 8.89. The summed E-state index contributed by atoms with van der Waals surface area (Å²) in [5.41, 5.74) is -2.78. The fraction of sp³-hybridized carbons (Fsp3) is 0.364. The number of halogens is 6. The lowest BCUT2D eigenvalue weighted by Gasteiger charge is -2.16. The standard InChI is InChI=1S/C11H4F6N2O2S/c12-10(13,14)5(9(20)21)1-6-8(11(15,16)17)4(2-18)7(3-19)22-6/h5H,1H2,(H,20,21). The first-order chi connectivity index (χ1) is 9.93. The quantitative estimate of drug-likeness (QED) is 0.854. The van der Waals surface area contributed by atoms with E-state index in [4.69, 9.17) is 15.6 Å². The van der Waals surface area contributed by atoms with Gasteiger partial charge in [-0.1, -0.05) is 0 Å². The van der Waals surface area contributed by atoms with E-state index in [1.807, 2.05) is 0 Å². The Kier molecular flexibility index (Phi) is 4.73. The number of carboxylic acids is 1. The molecule has 0 bridgehead atoms. The number of thiophene rings is 1. The van der Waals surface area contributed by atoms with Gasteiger partial charge in [-0.05, 0) is 0 Å². The average Bonchev–Trinajstić information content (AvgIpc) is 2.71. The van der Waals surface area contributed by atoms with E-state index in [1.165, 1.54) is 6.07 Å². The first-order valence-electron chi connectivity index (χ1n) is 5.26. The van der Waals surface area contributed by atoms with Crippen molar-refractivity contribution in [3.63, 3.8) is 0 Å². The van der Waals surface area contributed by atoms with Crippen LogP contribution < -0.4 is 0 Å². The Labute approximate surface area is 122 Å². The van der Waals surface area contributed by atoms with Crippen LogP contribution in [0.15, 0.2) is 0 Å². The predicted octanol–water partition coefficient (Wildman–Crippen LogP) is 3.32. The zero-order chi connectivity index (χ0) is 17.3. The molecule has 1 N–H and O–H groups in total. The Morgan fingerprint density at radius 1 is 1.18 bits per heavy atom. The fourth-order valence-corrected chi connectivity index (χ4v) is 2.75. The first kappa shape index (κ1) is 17.8. The van der Waals surface area contributed by atoms with Gasteiger partial charge in [0.05, 0.1) is 11.1 Å². The van der Waals surface area contributed by atoms with Gasteiger partial charge >= 0.3 is 18.3 Å². The lowest BCUT2D eigenvalue weighted by Crippen LogP contribution is -2.32. The van der Waals surface area contributed by atoms with Crippen molar-refractivity contribution in [2.75, 3.05) is 0 Å². The molecule has 0 aliphatic heterocycles. The molecule has 1 atom stereocenters. The molecule has 0 aromatic carbocycles. The molecule has 0 aliphatic carbocycles. The van der Waals surface area contributed by atoms with Gasteiger partial charge in [0, 0.05) is 11.3 Å². The van der Waals surface area contributed by atoms with Crippen LogP contribution in [0, 0.1) is 28.6 Å². The molecule has 0 saturated heterocycles. The van der Waals surface area contributed by atoms with E-state index in [1.54, 1.807) is 0 Å². The highest BCUT2D eigenvalue weighted by Gasteiger charge is 2.48. The van der Waals surface area contributed by atoms with Gasteiger partial charge in [-0.2, -0.15) is 36.9 Å². The molecule has 0 radical (unpaired) electrons. The molecule has 0 saturated carbocycles. The highest BCUT2D eigenvalue weighted by atomic mass is 32.1. The molecule has 1 rings (SSSR count). The summed E-state index contributed by atoms with van der Waals surface area (Å²) in [6, 6.07) is 2.41. The van der Waals surface area contributed by atoms with Gasteiger partial charge in [0.2, 0.25) is 0 Å². The third-order valence-electron chi connectivity index (χ3n) is 2.56. The molecule has 4 nitrogen and oxygen atoms in total. The average molecular weight is 342 g/mol. The lowest BCUT2D eigenvalue weighted by molar-refractivity contribution is -0.193. The van der Waals surface area contributed by atoms with Crippen LogP contribution in [-0.4, -0.2) is 17.3 Å². The Morgan fingerprint density at radius 2 is 1.73 bits per heavy atom. The Bertz CT molecular complexity index is 677. The molecule has 11 heteroatoms. The van der Waals surface area contributed by atoms with E-state index >= 15 is 0 Å². The molecule has 118 valence electrons. The Morgan fingerprint density at radius 3 is 2.05 bits per heavy atom. The predicted molar refractivity (Wildman–Crippen MR) is 59.6 cm³/mol. The summed E-state index contributed by atoms with van der Waals surface area (Å²) in [6.07, 6.45) is -12.0. The van der Waals surface area contributed by atoms with Gasteiger partial charge in [0.15, 0.2) is 5.92 Å². The normalized spacial score (nSPS) is 13.3. The summed E-state index contributed by atoms with van der Waals surface area (Å²) in [5, 5.41) is 25.9. The van der Waals surface area contributed by atoms with Gasteiger partial charge in [-0.15, -0.1) is 11.3 Å². The summed E-state index contributed by atoms with van der Waals surface area (Å²) >= 11 is 0.0325. The van der Waals surface area contributed by atoms with Crippen molar-refractivity contribution in [2.45, 2.75) is 18.8 Å². The van der Waals surface area contributed by atoms with Gasteiger partial charge in [0.25, 0.3) is 0 Å². The first-order valence-corrected chi connectivity index (χ1v) is 6.07. The zero-order valence-electron chi connectivity index (χ0n) is 10.2. The fourth-order valence-electron chi connectivity index (χ4n) is 1.64. The number of alkyl halides is 6. The van der Waals surface area contributed by atoms with Crippen LogP contribution in [0.4, 0.5) is 26.3 Å². The number of rotatable bonds is 3. The summed E-state index contributed by atoms with van der Waals surface area (Å²) in [6.45, 7) is 0. The minimum atomic E-state index is -5.27. The van der Waals surface area contributed by atoms with Crippen LogP contribution in [0.2, 0.25) is 0 Å². The maximum atomic E-state index is 12.9. The maximum absolute atomic E-state index is 12.9. The number of carboxylic acid groups (broad SMARTS) is 1. The molecule has 22 heavy (non-hydrogen) atoms. The molecular weight excluding hydrogens is 338 g/mol. The molecule has 0 aliphatic rings. The van der Waals surface area contributed by atoms with Gasteiger partial charge in [-0.25, -0.2) is 0 Å². The van der Waals surface area contributed by atoms with Crippen molar-refractivity contribution in [3.8, 4) is 12.1 Å². The summed E-state index contributed by atoms with van der Waals surface area (Å²) < 4.78 is 76.4. The molecule has 0 amide bonds. The van der Waals surface area contributed by atoms with Crippen molar-refractivity contribution < 1.29 is 36.2 Å². The number of nitrogens with zero attached hydrogens (tertiary/aromatic N) is 2. The van der Waals surface area contributed by atoms with Crippen molar-refractivity contribution >= 4 is 17.3 Å². The van der Waals surface area contributed by atoms with Crippen LogP contribution >= 0.6 is 11.3 Å². The van der Waals surface area contributed by atoms with E-state index in [9.17, 15) is 31.1 Å². The van der Waals surface area contributed by atoms with E-state index < -0.39 is 51.5 Å². The van der Waals surface area contributed by atoms with E-state index in [-0.39, 0.29) is 11.3 Å². The second-order valence-corrected chi connectivity index (χ2v) is 5.07. The Balaban J connectivity index is 3.49. The molecule has 1 heterocycles. The van der Waals surface area contributed by atoms with Crippen LogP contribution in [0.3, 0.4) is 0 Å². The monoisotopic (exact) mass is 342 g/mol. The number of hydrogen-bond acceptors (Lipinski definition) is 4. The second-order valence-electron chi connectivity index (χ2n) is 3.96. The Hall–Kier alpha value is -2.27. The number of aliphatic carboxylic acids is 1. The largest absolute Gasteiger partial charge is 0.481 e. The zero-order valence-corrected chi connectivity index (χ0v) is 11.0. The van der Waals surface area contributed by atoms with Crippen molar-refractivity contribution in [1.82, 2.24) is 0 Å². The lowest BCUT2D eigenvalue weighted by atomic mass is 9.99. The van der Waals surface area contributed by atoms with Gasteiger partial charge in [0.1, 0.15) is 17.0 Å². The smallest absolute Gasteiger partial charge is 0.418 e. The van der Waals surface area contributed by atoms with Gasteiger partial charge in [-0.3, -0.25) is 4.79 Å². The van der Waals surface area contributed by atoms with Crippen LogP contribution in [0.5, 0.6) is 0 Å². The van der Waals surface area contributed by atoms with E-state index in [2.05, 4.69) is 0 Å². The molecule has 1 unspecified atom stereocenters. The molecule has 0 spiro atoms. The molecular formula is C11H4F6N2O2S. The number of nitriles is 2. The highest BCUT2D eigenvalue weighted by molar-refractivity contribution is 7.13. The number of hydrogen-bond donors (Lipinski definition) is 1. The minimum Gasteiger partial charge on any atom is -0.481 e. The van der Waals surface area contributed by atoms with Crippen LogP contribution in [-0.2, 0) is 17.4 Å². The van der Waals surface area contributed by atoms with Crippen LogP contribution in [0.1, 0.15) is 20.9 Å². The molecule has 1 aromatic rings. The van der Waals surface area contributed by atoms with Crippen LogP contribution in [0.25, 0.3) is 0 Å². The SMILES string of the molecule is N#Cc1sc(CC(C(=O)O)C(F)(F)F)c(C(F)(F)F)c1C#N. The minimum absolute atomic E-state index is 0.0325. The third-order valence-corrected chi connectivity index (χ3v) is 3.68. The van der Waals surface area contributed by atoms with Crippen molar-refractivity contribution in [3.05, 3.63) is 20.9 Å². The number of carbonyl (C=O) groups is 1. The summed E-state index contributed by atoms with van der Waals surface area (Å²) in [5.74, 6) is -5.41.